The fourth-order valence-corrected chi connectivity index (χ4v) is 34.1. The normalized spacial score (nSPS) is 32.9. The van der Waals surface area contributed by atoms with E-state index in [2.05, 4.69) is 182 Å². The molecule has 4 amide bonds. The highest BCUT2D eigenvalue weighted by atomic mass is 32.1. The van der Waals surface area contributed by atoms with Crippen LogP contribution in [0.4, 0.5) is 10.5 Å². The average molecular weight is 2020 g/mol. The monoisotopic (exact) mass is 2020 g/mol. The lowest BCUT2D eigenvalue weighted by Crippen LogP contribution is -2.60. The Labute approximate surface area is 880 Å². The fraction of sp³-hybridized carbons (Fsp3) is 0.610. The molecule has 19 aliphatic rings. The Balaban J connectivity index is 0.000000104. The van der Waals surface area contributed by atoms with E-state index in [9.17, 15) is 45.0 Å². The maximum atomic E-state index is 13.0. The number of nitrogens with zero attached hydrogens (tertiary/aromatic N) is 12. The molecule has 12 saturated heterocycles. The molecule has 0 spiro atoms. The Morgan fingerprint density at radius 2 is 0.605 bits per heavy atom. The molecule has 26 rings (SSSR count). The predicted molar refractivity (Wildman–Crippen MR) is 588 cm³/mol. The van der Waals surface area contributed by atoms with Crippen LogP contribution in [0.3, 0.4) is 0 Å². The van der Waals surface area contributed by atoms with Gasteiger partial charge in [-0.25, -0.2) is 4.79 Å². The molecule has 147 heavy (non-hydrogen) atoms. The molecule has 790 valence electrons. The summed E-state index contributed by atoms with van der Waals surface area (Å²) in [6.45, 7) is 28.9. The van der Waals surface area contributed by atoms with Crippen LogP contribution in [-0.2, 0) is 80.6 Å². The number of hydrogen-bond acceptors (Lipinski definition) is 18. The number of piperidine rings is 6. The van der Waals surface area contributed by atoms with Crippen LogP contribution in [0.2, 0.25) is 0 Å². The van der Waals surface area contributed by atoms with Gasteiger partial charge in [0.05, 0.1) is 0 Å². The zero-order chi connectivity index (χ0) is 103. The third kappa shape index (κ3) is 19.1. The number of phenolic OH excluding ortho intramolecular Hbond substituents is 6. The summed E-state index contributed by atoms with van der Waals surface area (Å²) in [5.74, 6) is 6.72. The lowest BCUT2D eigenvalue weighted by molar-refractivity contribution is -0.138. The van der Waals surface area contributed by atoms with Gasteiger partial charge < -0.3 is 100 Å². The van der Waals surface area contributed by atoms with Gasteiger partial charge in [0.1, 0.15) is 34.5 Å². The SMILES string of the molecule is C=C(C)N1CC[C@]23CCCN(C)[C@H](Cc4ccc(O)cc42)[C@@H]3C1.CC(C)C(=O)N1CC[C@]23CCCN(C)[C@H](Cc4ccc(O)cc42)[C@@H]3C1.CN1CCC[C@]23CCN(C(=O)C4CC4)C[C@H]2[C@H]1Cc1ccc(O)cc13.CN1CCC[C@]23CCN(C(=O)Nc4ccccc4)C[C@H]2[C@H]1Cc1ccc(O)cc13.CN1CC[C@]23CCCN(C)[C@H](Cc4ccc(O)cc42)[C@@H]3C1.CNC(=S)N1CC[C@]23CCCN(C)[C@H](Cc4ccc(O)cc42)[C@@H]3C1. The molecular formula is C123H168N14O9S. The second kappa shape index (κ2) is 41.6. The van der Waals surface area contributed by atoms with Crippen LogP contribution in [0.5, 0.6) is 34.5 Å². The van der Waals surface area contributed by atoms with Crippen molar-refractivity contribution >= 4 is 40.9 Å². The van der Waals surface area contributed by atoms with E-state index in [1.165, 1.54) is 182 Å². The van der Waals surface area contributed by atoms with Crippen LogP contribution < -0.4 is 10.6 Å². The Morgan fingerprint density at radius 3 is 0.912 bits per heavy atom. The largest absolute Gasteiger partial charge is 0.508 e. The number of phenols is 6. The van der Waals surface area contributed by atoms with Crippen LogP contribution in [0, 0.1) is 47.3 Å². The molecule has 7 aromatic rings. The third-order valence-electron chi connectivity index (χ3n) is 41.7. The molecule has 0 unspecified atom stereocenters. The number of amides is 4. The van der Waals surface area contributed by atoms with E-state index in [1.807, 2.05) is 111 Å². The molecule has 0 radical (unpaired) electrons. The first-order chi connectivity index (χ1) is 70.7. The topological polar surface area (TPSA) is 236 Å². The van der Waals surface area contributed by atoms with E-state index in [1.54, 1.807) is 0 Å². The van der Waals surface area contributed by atoms with Crippen molar-refractivity contribution in [2.45, 2.75) is 256 Å². The minimum Gasteiger partial charge on any atom is -0.508 e. The summed E-state index contributed by atoms with van der Waals surface area (Å²) in [5, 5.41) is 67.8. The quantitative estimate of drug-likeness (QED) is 0.0765. The van der Waals surface area contributed by atoms with Crippen molar-refractivity contribution in [3.05, 3.63) is 219 Å². The van der Waals surface area contributed by atoms with Gasteiger partial charge in [-0.1, -0.05) is 75.0 Å². The van der Waals surface area contributed by atoms with Gasteiger partial charge in [0.15, 0.2) is 5.11 Å². The number of urea groups is 1. The van der Waals surface area contributed by atoms with Crippen LogP contribution in [0.15, 0.2) is 152 Å². The van der Waals surface area contributed by atoms with Crippen LogP contribution in [0.25, 0.3) is 0 Å². The smallest absolute Gasteiger partial charge is 0.321 e. The second-order valence-electron chi connectivity index (χ2n) is 49.4. The standard InChI is InChI=1S/C24H29N3O2.C21H28N2O2.C21H30N2O2.C20H28N2O.C19H27N3OS.C18H26N2O/c1-26-12-5-10-24-11-13-27(23(29)25-18-6-3-2-4-7-18)16-21(24)22(26)14-17-8-9-19(28)15-20(17)24;1-22-9-2-7-21-8-10-23(20(25)14-3-4-14)13-18(21)19(22)11-15-5-6-16(24)12-17(15)21;1-14(2)20(25)23-10-8-21-7-4-9-22(3)19(18(21)13-23)11-15-5-6-16(24)12-17(15)21;1-14(2)22-10-8-20-7-4-9-21(3)19(18(20)13-22)11-15-5-6-16(23)12-17(15)20;1-20-18(24)22-9-7-19-6-3-8-21(2)17(16(19)12-22)10-13-4-5-14(23)11-15(13)19;1-19-9-7-18-6-3-8-20(2)17(16(18)12-19)10-13-4-5-14(21)11-15(13)18/h2-4,6-9,15,21-22,28H,5,10-14,16H2,1H3,(H,25,29);5-6,12,14,18-19,24H,2-4,7-11,13H2,1H3;5-6,12,14,18-19,24H,4,7-11,13H2,1-3H3;5-6,12,18-19,23H,1,4,7-11,13H2,2-3H3;4-5,11,16-17,23H,3,6-10,12H2,1-2H3,(H,20,24);4-5,11,16-17,21H,3,6-10,12H2,1-2H3/t21-,22+,24+;2*18-,19+,21+;18-,19+,20+;16-,17+,19+;16-,17+,18+/m000000/s1. The molecular weight excluding hydrogens is 1850 g/mol. The number of carbonyl (C=O) groups is 3. The van der Waals surface area contributed by atoms with Crippen LogP contribution >= 0.6 is 12.2 Å². The van der Waals surface area contributed by atoms with E-state index in [-0.39, 0.29) is 44.9 Å². The first kappa shape index (κ1) is 103. The van der Waals surface area contributed by atoms with Crippen molar-refractivity contribution < 1.29 is 45.0 Å². The van der Waals surface area contributed by atoms with Crippen molar-refractivity contribution in [2.75, 3.05) is 180 Å². The van der Waals surface area contributed by atoms with Gasteiger partial charge in [-0.2, -0.15) is 0 Å². The molecule has 13 fully saturated rings. The number of hydrogen-bond donors (Lipinski definition) is 8. The predicted octanol–water partition coefficient (Wildman–Crippen LogP) is 16.6. The number of allylic oxidation sites excluding steroid dienone is 1. The molecule has 18 atom stereocenters. The molecule has 0 aromatic heterocycles. The lowest BCUT2D eigenvalue weighted by atomic mass is 9.56. The fourth-order valence-electron chi connectivity index (χ4n) is 33.9. The van der Waals surface area contributed by atoms with Gasteiger partial charge >= 0.3 is 6.03 Å². The maximum absolute atomic E-state index is 13.0. The summed E-state index contributed by atoms with van der Waals surface area (Å²) in [6.07, 6.45) is 29.7. The van der Waals surface area contributed by atoms with Gasteiger partial charge in [0.25, 0.3) is 0 Å². The summed E-state index contributed by atoms with van der Waals surface area (Å²) in [5.41, 5.74) is 20.0. The average Bonchev–Trinajstić information content (AvgIpc) is 1.72. The number of thiocarbonyl (C=S) groups is 1. The number of fused-ring (bicyclic) bond motifs is 6. The number of rotatable bonds is 4. The summed E-state index contributed by atoms with van der Waals surface area (Å²) in [6, 6.07) is 49.1. The number of likely N-dealkylation sites (tertiary alicyclic amines) is 12. The number of aromatic hydroxyl groups is 6. The molecule has 23 nitrogen and oxygen atoms in total. The number of likely N-dealkylation sites (N-methyl/N-ethyl adjacent to an activating group) is 6. The number of nitrogens with one attached hydrogen (secondary N) is 2. The van der Waals surface area contributed by atoms with Crippen molar-refractivity contribution in [2.24, 2.45) is 47.3 Å². The first-order valence-electron chi connectivity index (χ1n) is 56.6. The Morgan fingerprint density at radius 1 is 0.340 bits per heavy atom. The zero-order valence-corrected chi connectivity index (χ0v) is 90.7. The minimum atomic E-state index is -0.00726. The first-order valence-corrected chi connectivity index (χ1v) is 57.0. The van der Waals surface area contributed by atoms with Crippen molar-refractivity contribution in [1.29, 1.82) is 0 Å². The molecule has 12 heterocycles. The van der Waals surface area contributed by atoms with E-state index in [0.29, 0.717) is 123 Å². The molecule has 12 aliphatic heterocycles. The second-order valence-corrected chi connectivity index (χ2v) is 49.8. The van der Waals surface area contributed by atoms with Gasteiger partial charge in [0.2, 0.25) is 11.8 Å². The van der Waals surface area contributed by atoms with Crippen molar-refractivity contribution in [3.8, 4) is 34.5 Å². The number of anilines is 1. The molecule has 7 aliphatic carbocycles. The van der Waals surface area contributed by atoms with E-state index in [4.69, 9.17) is 12.2 Å². The van der Waals surface area contributed by atoms with Gasteiger partial charge in [0, 0.05) is 201 Å². The summed E-state index contributed by atoms with van der Waals surface area (Å²) in [7, 11) is 17.8. The molecule has 12 bridgehead atoms. The van der Waals surface area contributed by atoms with Crippen LogP contribution in [-0.4, -0.2) is 323 Å². The number of benzene rings is 7. The zero-order valence-electron chi connectivity index (χ0n) is 89.9. The molecule has 1 saturated carbocycles. The van der Waals surface area contributed by atoms with Crippen molar-refractivity contribution in [1.82, 2.24) is 64.1 Å². The summed E-state index contributed by atoms with van der Waals surface area (Å²) in [4.78, 5) is 67.2. The number of carbonyl (C=O) groups excluding carboxylic acids is 3. The molecule has 8 N–H and O–H groups in total. The minimum absolute atomic E-state index is 0.00726. The van der Waals surface area contributed by atoms with Crippen LogP contribution in [0.1, 0.15) is 216 Å². The highest BCUT2D eigenvalue weighted by Crippen LogP contribution is 2.61. The van der Waals surface area contributed by atoms with E-state index in [0.717, 1.165) is 186 Å². The highest BCUT2D eigenvalue weighted by molar-refractivity contribution is 7.80. The lowest BCUT2D eigenvalue weighted by Gasteiger charge is -2.55. The molecule has 24 heteroatoms. The van der Waals surface area contributed by atoms with Crippen molar-refractivity contribution in [3.63, 3.8) is 0 Å². The van der Waals surface area contributed by atoms with E-state index < -0.39 is 0 Å². The van der Waals surface area contributed by atoms with Gasteiger partial charge in [-0.3, -0.25) is 9.59 Å². The third-order valence-corrected chi connectivity index (χ3v) is 42.1. The van der Waals surface area contributed by atoms with Gasteiger partial charge in [-0.05, 0) is 439 Å². The Hall–Kier alpha value is -9.50. The Bertz CT molecular complexity index is 5900. The Kier molecular flexibility index (Phi) is 29.2. The van der Waals surface area contributed by atoms with E-state index >= 15 is 0 Å². The highest BCUT2D eigenvalue weighted by Gasteiger charge is 2.62. The summed E-state index contributed by atoms with van der Waals surface area (Å²) >= 11 is 5.52. The summed E-state index contributed by atoms with van der Waals surface area (Å²) < 4.78 is 0. The van der Waals surface area contributed by atoms with Gasteiger partial charge in [-0.15, -0.1) is 0 Å². The maximum Gasteiger partial charge on any atom is 0.321 e. The molecule has 7 aromatic carbocycles. The number of para-hydroxylation sites is 1.